The van der Waals surface area contributed by atoms with Crippen LogP contribution in [0.4, 0.5) is 4.39 Å². The number of rotatable bonds is 3. The van der Waals surface area contributed by atoms with Gasteiger partial charge in [-0.3, -0.25) is 0 Å². The van der Waals surface area contributed by atoms with Crippen LogP contribution in [-0.2, 0) is 6.42 Å². The monoisotopic (exact) mass is 260 g/mol. The Morgan fingerprint density at radius 1 is 1.26 bits per heavy atom. The molecule has 1 aromatic heterocycles. The summed E-state index contributed by atoms with van der Waals surface area (Å²) in [5.41, 5.74) is 1.30. The zero-order valence-corrected chi connectivity index (χ0v) is 10.5. The summed E-state index contributed by atoms with van der Waals surface area (Å²) in [5, 5.41) is 9.22. The van der Waals surface area contributed by atoms with Gasteiger partial charge in [0.2, 0.25) is 0 Å². The highest BCUT2D eigenvalue weighted by Crippen LogP contribution is 2.33. The van der Waals surface area contributed by atoms with E-state index in [1.807, 2.05) is 0 Å². The molecule has 3 nitrogen and oxygen atoms in total. The van der Waals surface area contributed by atoms with Gasteiger partial charge in [0.15, 0.2) is 18.0 Å². The zero-order valence-electron chi connectivity index (χ0n) is 10.5. The van der Waals surface area contributed by atoms with Crippen LogP contribution >= 0.6 is 0 Å². The second-order valence-electron chi connectivity index (χ2n) is 4.92. The lowest BCUT2D eigenvalue weighted by molar-refractivity contribution is 0.432. The van der Waals surface area contributed by atoms with Crippen molar-refractivity contribution in [3.63, 3.8) is 0 Å². The highest BCUT2D eigenvalue weighted by molar-refractivity contribution is 5.62. The minimum atomic E-state index is -0.639. The Kier molecular flexibility index (Phi) is 3.23. The van der Waals surface area contributed by atoms with Crippen LogP contribution in [0.3, 0.4) is 0 Å². The first-order valence-electron chi connectivity index (χ1n) is 6.49. The van der Waals surface area contributed by atoms with Gasteiger partial charge in [0.25, 0.3) is 0 Å². The molecule has 0 amide bonds. The largest absolute Gasteiger partial charge is 0.505 e. The smallest absolute Gasteiger partial charge is 0.181 e. The molecule has 0 atom stereocenters. The van der Waals surface area contributed by atoms with Gasteiger partial charge in [-0.2, -0.15) is 0 Å². The average Bonchev–Trinajstić information content (AvgIpc) is 3.05. The first kappa shape index (κ1) is 12.2. The molecule has 0 saturated heterocycles. The highest BCUT2D eigenvalue weighted by atomic mass is 19.1. The first-order chi connectivity index (χ1) is 9.24. The number of aromatic nitrogens is 1. The number of benzene rings is 1. The fraction of sp³-hybridized carbons (Fsp3) is 0.333. The van der Waals surface area contributed by atoms with Crippen LogP contribution in [-0.4, -0.2) is 10.1 Å². The van der Waals surface area contributed by atoms with Crippen LogP contribution in [0, 0.1) is 11.7 Å². The Hall–Kier alpha value is -1.84. The third kappa shape index (κ3) is 2.48. The third-order valence-corrected chi connectivity index (χ3v) is 3.58. The van der Waals surface area contributed by atoms with Crippen LogP contribution in [0.15, 0.2) is 29.0 Å². The number of nitrogens with zero attached hydrogens (tertiary/aromatic N) is 1. The van der Waals surface area contributed by atoms with E-state index >= 15 is 0 Å². The van der Waals surface area contributed by atoms with Crippen molar-refractivity contribution in [3.8, 4) is 17.0 Å². The zero-order chi connectivity index (χ0) is 13.2. The molecule has 0 unspecified atom stereocenters. The molecule has 0 bridgehead atoms. The molecule has 99 valence electrons. The Labute approximate surface area is 111 Å². The summed E-state index contributed by atoms with van der Waals surface area (Å²) >= 11 is 0. The number of hydrogen-bond acceptors (Lipinski definition) is 3. The van der Waals surface area contributed by atoms with Crippen LogP contribution in [0.1, 0.15) is 31.4 Å². The topological polar surface area (TPSA) is 46.3 Å². The van der Waals surface area contributed by atoms with E-state index in [-0.39, 0.29) is 5.75 Å². The van der Waals surface area contributed by atoms with Crippen LogP contribution in [0.2, 0.25) is 0 Å². The van der Waals surface area contributed by atoms with E-state index in [9.17, 15) is 9.50 Å². The van der Waals surface area contributed by atoms with Crippen molar-refractivity contribution in [1.29, 1.82) is 0 Å². The lowest BCUT2D eigenvalue weighted by Crippen LogP contribution is -1.97. The predicted octanol–water partition coefficient (Wildman–Crippen LogP) is 3.88. The molecule has 2 aromatic rings. The second-order valence-corrected chi connectivity index (χ2v) is 4.92. The Bertz CT molecular complexity index is 573. The Balaban J connectivity index is 1.87. The number of aromatic hydroxyl groups is 1. The fourth-order valence-electron chi connectivity index (χ4n) is 2.56. The number of phenolic OH excluding ortho intramolecular Hbond substituents is 1. The minimum Gasteiger partial charge on any atom is -0.505 e. The summed E-state index contributed by atoms with van der Waals surface area (Å²) in [5.74, 6) is 1.26. The van der Waals surface area contributed by atoms with Crippen molar-refractivity contribution in [3.05, 3.63) is 42.1 Å². The quantitative estimate of drug-likeness (QED) is 0.911. The third-order valence-electron chi connectivity index (χ3n) is 3.58. The maximum absolute atomic E-state index is 13.4. The number of phenols is 1. The van der Waals surface area contributed by atoms with Gasteiger partial charge < -0.3 is 9.52 Å². The average molecular weight is 260 g/mol. The summed E-state index contributed by atoms with van der Waals surface area (Å²) in [6.07, 6.45) is 6.94. The van der Waals surface area contributed by atoms with Gasteiger partial charge in [-0.15, -0.1) is 0 Å². The molecule has 0 spiro atoms. The standard InChI is InChI=1S/C15H15FNO2/c16-12-8-11(5-6-13(12)18)15-14(19-9-17-15)7-10-3-1-2-4-10/h5-6,8-9,18H,1-4,7H2. The molecule has 1 radical (unpaired) electrons. The van der Waals surface area contributed by atoms with Gasteiger partial charge in [0.05, 0.1) is 0 Å². The Morgan fingerprint density at radius 2 is 2.05 bits per heavy atom. The normalized spacial score (nSPS) is 16.1. The minimum absolute atomic E-state index is 0.348. The first-order valence-corrected chi connectivity index (χ1v) is 6.49. The summed E-state index contributed by atoms with van der Waals surface area (Å²) in [7, 11) is 0. The van der Waals surface area contributed by atoms with E-state index in [0.717, 1.165) is 25.0 Å². The maximum atomic E-state index is 13.4. The molecule has 1 aromatic carbocycles. The molecule has 1 aliphatic carbocycles. The van der Waals surface area contributed by atoms with Gasteiger partial charge in [-0.05, 0) is 37.0 Å². The van der Waals surface area contributed by atoms with Crippen molar-refractivity contribution in [2.24, 2.45) is 0 Å². The number of oxazole rings is 1. The summed E-state index contributed by atoms with van der Waals surface area (Å²) in [6, 6.07) is 4.28. The van der Waals surface area contributed by atoms with Gasteiger partial charge in [0.1, 0.15) is 11.5 Å². The van der Waals surface area contributed by atoms with E-state index in [1.165, 1.54) is 37.3 Å². The van der Waals surface area contributed by atoms with Gasteiger partial charge in [0, 0.05) is 12.0 Å². The number of hydrogen-bond donors (Lipinski definition) is 1. The second kappa shape index (κ2) is 5.03. The van der Waals surface area contributed by atoms with Crippen molar-refractivity contribution >= 4 is 0 Å². The molecular weight excluding hydrogens is 245 g/mol. The summed E-state index contributed by atoms with van der Waals surface area (Å²) < 4.78 is 18.8. The summed E-state index contributed by atoms with van der Waals surface area (Å²) in [4.78, 5) is 4.17. The molecule has 1 aliphatic rings. The van der Waals surface area contributed by atoms with Crippen LogP contribution < -0.4 is 0 Å². The van der Waals surface area contributed by atoms with Crippen molar-refractivity contribution in [2.45, 2.75) is 32.1 Å². The fourth-order valence-corrected chi connectivity index (χ4v) is 2.56. The maximum Gasteiger partial charge on any atom is 0.181 e. The van der Waals surface area contributed by atoms with Gasteiger partial charge in [-0.25, -0.2) is 9.37 Å². The summed E-state index contributed by atoms with van der Waals surface area (Å²) in [6.45, 7) is 0. The molecule has 1 N–H and O–H groups in total. The molecular formula is C15H15FNO2. The lowest BCUT2D eigenvalue weighted by atomic mass is 9.99. The molecule has 1 heterocycles. The number of halogens is 1. The molecule has 3 rings (SSSR count). The molecule has 1 saturated carbocycles. The predicted molar refractivity (Wildman–Crippen MR) is 69.0 cm³/mol. The van der Waals surface area contributed by atoms with Crippen molar-refractivity contribution < 1.29 is 13.9 Å². The van der Waals surface area contributed by atoms with Crippen molar-refractivity contribution in [1.82, 2.24) is 4.98 Å². The molecule has 19 heavy (non-hydrogen) atoms. The molecule has 4 heteroatoms. The van der Waals surface area contributed by atoms with Crippen LogP contribution in [0.25, 0.3) is 11.3 Å². The lowest BCUT2D eigenvalue weighted by Gasteiger charge is -2.07. The SMILES string of the molecule is Oc1ccc(-c2ncoc2C[C]2CCCC2)cc1F. The van der Waals surface area contributed by atoms with E-state index < -0.39 is 5.82 Å². The van der Waals surface area contributed by atoms with E-state index in [2.05, 4.69) is 4.98 Å². The van der Waals surface area contributed by atoms with Gasteiger partial charge in [-0.1, -0.05) is 12.8 Å². The highest BCUT2D eigenvalue weighted by Gasteiger charge is 2.21. The van der Waals surface area contributed by atoms with Crippen LogP contribution in [0.5, 0.6) is 5.75 Å². The molecule has 1 fully saturated rings. The van der Waals surface area contributed by atoms with E-state index in [1.54, 1.807) is 6.07 Å². The van der Waals surface area contributed by atoms with Crippen molar-refractivity contribution in [2.75, 3.05) is 0 Å². The van der Waals surface area contributed by atoms with E-state index in [4.69, 9.17) is 4.42 Å². The Morgan fingerprint density at radius 3 is 2.79 bits per heavy atom. The molecule has 0 aliphatic heterocycles. The van der Waals surface area contributed by atoms with E-state index in [0.29, 0.717) is 11.3 Å². The van der Waals surface area contributed by atoms with Gasteiger partial charge >= 0.3 is 0 Å².